The van der Waals surface area contributed by atoms with E-state index in [1.807, 2.05) is 41.1 Å². The molecule has 0 unspecified atom stereocenters. The molecule has 88 valence electrons. The minimum absolute atomic E-state index is 0. The standard InChI is InChI=1S/C13H11NO2.ClH.Na/c15-13(16)12-7-4-8-14(10-12)9-11-5-2-1-3-6-11;;/h1-8,10H,9H2;1H;/q;;+1/p-1. The Balaban J connectivity index is 0.00000144. The molecule has 0 radical (unpaired) electrons. The van der Waals surface area contributed by atoms with Gasteiger partial charge in [0.1, 0.15) is 0 Å². The van der Waals surface area contributed by atoms with Crippen LogP contribution >= 0.6 is 0 Å². The minimum Gasteiger partial charge on any atom is -1.00 e. The molecule has 2 aromatic rings. The summed E-state index contributed by atoms with van der Waals surface area (Å²) in [7, 11) is 0. The van der Waals surface area contributed by atoms with Gasteiger partial charge in [0.05, 0.1) is 11.5 Å². The van der Waals surface area contributed by atoms with Crippen LogP contribution in [-0.2, 0) is 6.54 Å². The average molecular weight is 272 g/mol. The van der Waals surface area contributed by atoms with Crippen LogP contribution in [0.2, 0.25) is 0 Å². The van der Waals surface area contributed by atoms with Crippen LogP contribution in [0.1, 0.15) is 15.9 Å². The van der Waals surface area contributed by atoms with Crippen molar-refractivity contribution in [2.75, 3.05) is 0 Å². The van der Waals surface area contributed by atoms with Crippen LogP contribution in [0.25, 0.3) is 0 Å². The summed E-state index contributed by atoms with van der Waals surface area (Å²) < 4.78 is 1.82. The fourth-order valence-electron chi connectivity index (χ4n) is 1.54. The first-order chi connectivity index (χ1) is 7.75. The second-order valence-electron chi connectivity index (χ2n) is 3.54. The van der Waals surface area contributed by atoms with Crippen LogP contribution in [0.15, 0.2) is 54.9 Å². The number of benzene rings is 1. The molecule has 0 amide bonds. The number of halogens is 1. The molecule has 0 N–H and O–H groups in total. The normalized spacial score (nSPS) is 8.89. The van der Waals surface area contributed by atoms with Gasteiger partial charge in [-0.25, -0.2) is 4.57 Å². The van der Waals surface area contributed by atoms with E-state index in [4.69, 9.17) is 0 Å². The summed E-state index contributed by atoms with van der Waals surface area (Å²) in [6.45, 7) is 0.655. The van der Waals surface area contributed by atoms with Crippen molar-refractivity contribution in [2.45, 2.75) is 6.54 Å². The minimum atomic E-state index is -1.15. The van der Waals surface area contributed by atoms with Gasteiger partial charge < -0.3 is 22.3 Å². The number of rotatable bonds is 3. The van der Waals surface area contributed by atoms with Crippen molar-refractivity contribution >= 4 is 5.97 Å². The van der Waals surface area contributed by atoms with E-state index in [0.717, 1.165) is 5.56 Å². The van der Waals surface area contributed by atoms with Gasteiger partial charge in [-0.1, -0.05) is 30.3 Å². The number of hydrogen-bond acceptors (Lipinski definition) is 2. The van der Waals surface area contributed by atoms with Gasteiger partial charge in [0.25, 0.3) is 0 Å². The number of carbonyl (C=O) groups is 1. The van der Waals surface area contributed by atoms with Crippen LogP contribution in [0.5, 0.6) is 0 Å². The molecular formula is C13H11ClNNaO2. The maximum Gasteiger partial charge on any atom is 1.00 e. The Morgan fingerprint density at radius 2 is 1.78 bits per heavy atom. The van der Waals surface area contributed by atoms with Gasteiger partial charge in [0.2, 0.25) is 0 Å². The van der Waals surface area contributed by atoms with Crippen molar-refractivity contribution < 1.29 is 56.4 Å². The molecule has 0 saturated carbocycles. The summed E-state index contributed by atoms with van der Waals surface area (Å²) in [6.07, 6.45) is 3.40. The number of carboxylic acid groups (broad SMARTS) is 1. The number of aromatic carboxylic acids is 1. The molecule has 1 aromatic carbocycles. The number of pyridine rings is 1. The molecule has 0 aliphatic carbocycles. The zero-order valence-electron chi connectivity index (χ0n) is 10.0. The number of nitrogens with zero attached hydrogens (tertiary/aromatic N) is 1. The van der Waals surface area contributed by atoms with Gasteiger partial charge in [-0.2, -0.15) is 0 Å². The second kappa shape index (κ2) is 8.27. The quantitative estimate of drug-likeness (QED) is 0.413. The zero-order valence-corrected chi connectivity index (χ0v) is 12.8. The summed E-state index contributed by atoms with van der Waals surface area (Å²) in [5, 5.41) is 10.7. The summed E-state index contributed by atoms with van der Waals surface area (Å²) in [4.78, 5) is 10.7. The van der Waals surface area contributed by atoms with Crippen molar-refractivity contribution in [2.24, 2.45) is 0 Å². The van der Waals surface area contributed by atoms with Gasteiger partial charge in [-0.05, 0) is 6.07 Å². The Hall–Kier alpha value is -0.870. The van der Waals surface area contributed by atoms with Gasteiger partial charge in [0.15, 0.2) is 18.9 Å². The number of aromatic nitrogens is 1. The Kier molecular flexibility index (Phi) is 7.87. The summed E-state index contributed by atoms with van der Waals surface area (Å²) in [5.74, 6) is -1.15. The van der Waals surface area contributed by atoms with Crippen LogP contribution in [0.3, 0.4) is 0 Å². The van der Waals surface area contributed by atoms with Crippen LogP contribution < -0.4 is 51.6 Å². The van der Waals surface area contributed by atoms with E-state index >= 15 is 0 Å². The van der Waals surface area contributed by atoms with Crippen LogP contribution in [-0.4, -0.2) is 5.97 Å². The number of carbonyl (C=O) groups excluding carboxylic acids is 1. The predicted molar refractivity (Wildman–Crippen MR) is 56.5 cm³/mol. The molecule has 0 fully saturated rings. The molecule has 0 aliphatic rings. The number of hydrogen-bond donors (Lipinski definition) is 0. The Morgan fingerprint density at radius 1 is 1.11 bits per heavy atom. The maximum absolute atomic E-state index is 10.7. The predicted octanol–water partition coefficient (Wildman–Crippen LogP) is -5.61. The molecule has 0 atom stereocenters. The molecule has 2 rings (SSSR count). The van der Waals surface area contributed by atoms with E-state index in [1.165, 1.54) is 6.07 Å². The van der Waals surface area contributed by atoms with Crippen LogP contribution in [0.4, 0.5) is 0 Å². The van der Waals surface area contributed by atoms with E-state index in [2.05, 4.69) is 0 Å². The van der Waals surface area contributed by atoms with Crippen molar-refractivity contribution in [1.29, 1.82) is 0 Å². The fraction of sp³-hybridized carbons (Fsp3) is 0.0769. The molecule has 1 heterocycles. The monoisotopic (exact) mass is 271 g/mol. The Bertz CT molecular complexity index is 505. The summed E-state index contributed by atoms with van der Waals surface area (Å²) in [6, 6.07) is 13.1. The molecular weight excluding hydrogens is 261 g/mol. The summed E-state index contributed by atoms with van der Waals surface area (Å²) in [5.41, 5.74) is 1.32. The first-order valence-electron chi connectivity index (χ1n) is 5.00. The maximum atomic E-state index is 10.7. The fourth-order valence-corrected chi connectivity index (χ4v) is 1.54. The van der Waals surface area contributed by atoms with Gasteiger partial charge in [-0.15, -0.1) is 0 Å². The third-order valence-electron chi connectivity index (χ3n) is 2.30. The molecule has 0 bridgehead atoms. The third kappa shape index (κ3) is 4.78. The van der Waals surface area contributed by atoms with Gasteiger partial charge in [0, 0.05) is 11.6 Å². The smallest absolute Gasteiger partial charge is 1.00 e. The molecule has 0 saturated heterocycles. The molecule has 5 heteroatoms. The van der Waals surface area contributed by atoms with Crippen molar-refractivity contribution in [3.05, 3.63) is 66.0 Å². The van der Waals surface area contributed by atoms with Crippen molar-refractivity contribution in [1.82, 2.24) is 0 Å². The zero-order chi connectivity index (χ0) is 11.4. The Labute approximate surface area is 134 Å². The first-order valence-corrected chi connectivity index (χ1v) is 5.00. The molecule has 3 nitrogen and oxygen atoms in total. The SMILES string of the molecule is O=C([O-])c1ccc[n+](Cc2ccccc2)c1.[Cl-].[Na+]. The van der Waals surface area contributed by atoms with Gasteiger partial charge in [-0.3, -0.25) is 0 Å². The first kappa shape index (κ1) is 17.1. The molecule has 18 heavy (non-hydrogen) atoms. The van der Waals surface area contributed by atoms with Gasteiger partial charge >= 0.3 is 29.6 Å². The number of carboxylic acids is 1. The molecule has 0 spiro atoms. The largest absolute Gasteiger partial charge is 1.00 e. The average Bonchev–Trinajstić information content (AvgIpc) is 2.30. The molecule has 1 aromatic heterocycles. The topological polar surface area (TPSA) is 44.0 Å². The summed E-state index contributed by atoms with van der Waals surface area (Å²) >= 11 is 0. The van der Waals surface area contributed by atoms with E-state index in [-0.39, 0.29) is 47.5 Å². The Morgan fingerprint density at radius 3 is 2.39 bits per heavy atom. The van der Waals surface area contributed by atoms with Crippen molar-refractivity contribution in [3.63, 3.8) is 0 Å². The van der Waals surface area contributed by atoms with E-state index < -0.39 is 5.97 Å². The van der Waals surface area contributed by atoms with E-state index in [0.29, 0.717) is 6.54 Å². The van der Waals surface area contributed by atoms with E-state index in [9.17, 15) is 9.90 Å². The third-order valence-corrected chi connectivity index (χ3v) is 2.30. The molecule has 0 aliphatic heterocycles. The second-order valence-corrected chi connectivity index (χ2v) is 3.54. The van der Waals surface area contributed by atoms with Crippen LogP contribution in [0, 0.1) is 0 Å². The van der Waals surface area contributed by atoms with Crippen molar-refractivity contribution in [3.8, 4) is 0 Å². The van der Waals surface area contributed by atoms with E-state index in [1.54, 1.807) is 12.3 Å².